The molecule has 1 N–H and O–H groups in total. The molecular formula is C15H15NO2. The van der Waals surface area contributed by atoms with E-state index in [1.54, 1.807) is 14.2 Å². The second-order valence-corrected chi connectivity index (χ2v) is 3.83. The maximum absolute atomic E-state index is 8.14. The molecule has 3 nitrogen and oxygen atoms in total. The Balaban J connectivity index is 2.23. The highest BCUT2D eigenvalue weighted by atomic mass is 16.5. The van der Waals surface area contributed by atoms with E-state index in [1.165, 1.54) is 0 Å². The van der Waals surface area contributed by atoms with Crippen LogP contribution in [0.25, 0.3) is 0 Å². The van der Waals surface area contributed by atoms with Gasteiger partial charge in [0.15, 0.2) is 0 Å². The predicted molar refractivity (Wildman–Crippen MR) is 71.9 cm³/mol. The summed E-state index contributed by atoms with van der Waals surface area (Å²) in [6, 6.07) is 14.9. The molecule has 2 aromatic carbocycles. The van der Waals surface area contributed by atoms with Crippen LogP contribution in [0.1, 0.15) is 11.1 Å². The Morgan fingerprint density at radius 3 is 1.33 bits per heavy atom. The van der Waals surface area contributed by atoms with Crippen molar-refractivity contribution in [2.75, 3.05) is 14.2 Å². The van der Waals surface area contributed by atoms with Crippen LogP contribution in [0.3, 0.4) is 0 Å². The minimum absolute atomic E-state index is 0.486. The second kappa shape index (κ2) is 5.36. The van der Waals surface area contributed by atoms with Gasteiger partial charge in [-0.05, 0) is 48.5 Å². The third-order valence-electron chi connectivity index (χ3n) is 2.76. The van der Waals surface area contributed by atoms with E-state index in [0.29, 0.717) is 5.71 Å². The molecule has 0 saturated heterocycles. The number of methoxy groups -OCH3 is 2. The zero-order valence-electron chi connectivity index (χ0n) is 10.4. The minimum atomic E-state index is 0.486. The van der Waals surface area contributed by atoms with Gasteiger partial charge in [0.25, 0.3) is 0 Å². The number of hydrogen-bond donors (Lipinski definition) is 1. The predicted octanol–water partition coefficient (Wildman–Crippen LogP) is 3.12. The van der Waals surface area contributed by atoms with Gasteiger partial charge in [0.2, 0.25) is 0 Å². The van der Waals surface area contributed by atoms with E-state index in [9.17, 15) is 0 Å². The molecule has 0 aliphatic carbocycles. The summed E-state index contributed by atoms with van der Waals surface area (Å²) in [6.45, 7) is 0. The van der Waals surface area contributed by atoms with Gasteiger partial charge in [-0.3, -0.25) is 5.41 Å². The van der Waals surface area contributed by atoms with Crippen molar-refractivity contribution in [1.82, 2.24) is 0 Å². The third-order valence-corrected chi connectivity index (χ3v) is 2.76. The Labute approximate surface area is 106 Å². The van der Waals surface area contributed by atoms with Crippen molar-refractivity contribution >= 4 is 5.71 Å². The van der Waals surface area contributed by atoms with Gasteiger partial charge in [-0.25, -0.2) is 0 Å². The smallest absolute Gasteiger partial charge is 0.118 e. The van der Waals surface area contributed by atoms with Crippen LogP contribution < -0.4 is 9.47 Å². The Morgan fingerprint density at radius 2 is 1.06 bits per heavy atom. The summed E-state index contributed by atoms with van der Waals surface area (Å²) in [5.74, 6) is 1.59. The van der Waals surface area contributed by atoms with E-state index in [1.807, 2.05) is 48.5 Å². The van der Waals surface area contributed by atoms with Crippen LogP contribution in [0, 0.1) is 5.41 Å². The average molecular weight is 241 g/mol. The quantitative estimate of drug-likeness (QED) is 0.836. The maximum atomic E-state index is 8.14. The highest BCUT2D eigenvalue weighted by Gasteiger charge is 2.05. The molecule has 18 heavy (non-hydrogen) atoms. The fraction of sp³-hybridized carbons (Fsp3) is 0.133. The van der Waals surface area contributed by atoms with Crippen molar-refractivity contribution in [2.24, 2.45) is 0 Å². The molecule has 0 atom stereocenters. The first kappa shape index (κ1) is 12.2. The van der Waals surface area contributed by atoms with Crippen molar-refractivity contribution in [3.8, 4) is 11.5 Å². The molecule has 92 valence electrons. The molecule has 0 saturated carbocycles. The van der Waals surface area contributed by atoms with E-state index < -0.39 is 0 Å². The second-order valence-electron chi connectivity index (χ2n) is 3.83. The minimum Gasteiger partial charge on any atom is -0.497 e. The van der Waals surface area contributed by atoms with Crippen LogP contribution in [-0.2, 0) is 0 Å². The van der Waals surface area contributed by atoms with Crippen molar-refractivity contribution in [3.63, 3.8) is 0 Å². The first-order valence-electron chi connectivity index (χ1n) is 5.62. The fourth-order valence-corrected chi connectivity index (χ4v) is 1.68. The number of nitrogens with one attached hydrogen (secondary N) is 1. The van der Waals surface area contributed by atoms with Crippen molar-refractivity contribution < 1.29 is 9.47 Å². The molecule has 0 fully saturated rings. The van der Waals surface area contributed by atoms with Gasteiger partial charge in [-0.1, -0.05) is 0 Å². The molecule has 2 rings (SSSR count). The lowest BCUT2D eigenvalue weighted by Gasteiger charge is -2.06. The maximum Gasteiger partial charge on any atom is 0.118 e. The van der Waals surface area contributed by atoms with E-state index in [-0.39, 0.29) is 0 Å². The van der Waals surface area contributed by atoms with Crippen molar-refractivity contribution in [2.45, 2.75) is 0 Å². The lowest BCUT2D eigenvalue weighted by atomic mass is 10.0. The summed E-state index contributed by atoms with van der Waals surface area (Å²) in [5.41, 5.74) is 2.21. The average Bonchev–Trinajstić information content (AvgIpc) is 2.47. The Hall–Kier alpha value is -2.29. The molecule has 0 aliphatic rings. The summed E-state index contributed by atoms with van der Waals surface area (Å²) in [5, 5.41) is 8.14. The van der Waals surface area contributed by atoms with E-state index in [0.717, 1.165) is 22.6 Å². The van der Waals surface area contributed by atoms with Crippen molar-refractivity contribution in [1.29, 1.82) is 5.41 Å². The lowest BCUT2D eigenvalue weighted by Crippen LogP contribution is -2.01. The first-order chi connectivity index (χ1) is 8.74. The zero-order valence-corrected chi connectivity index (χ0v) is 10.4. The molecule has 0 unspecified atom stereocenters. The van der Waals surface area contributed by atoms with Crippen LogP contribution in [0.2, 0.25) is 0 Å². The van der Waals surface area contributed by atoms with Gasteiger partial charge < -0.3 is 9.47 Å². The van der Waals surface area contributed by atoms with Crippen LogP contribution in [0.15, 0.2) is 48.5 Å². The molecule has 0 aromatic heterocycles. The summed E-state index contributed by atoms with van der Waals surface area (Å²) >= 11 is 0. The SMILES string of the molecule is COc1ccc(C(=N)c2ccc(OC)cc2)cc1. The molecular weight excluding hydrogens is 226 g/mol. The largest absolute Gasteiger partial charge is 0.497 e. The Kier molecular flexibility index (Phi) is 3.63. The van der Waals surface area contributed by atoms with Gasteiger partial charge in [-0.2, -0.15) is 0 Å². The number of hydrogen-bond acceptors (Lipinski definition) is 3. The normalized spacial score (nSPS) is 9.89. The zero-order chi connectivity index (χ0) is 13.0. The summed E-state index contributed by atoms with van der Waals surface area (Å²) in [6.07, 6.45) is 0. The van der Waals surface area contributed by atoms with Gasteiger partial charge in [0.1, 0.15) is 11.5 Å². The van der Waals surface area contributed by atoms with Crippen LogP contribution in [0.4, 0.5) is 0 Å². The van der Waals surface area contributed by atoms with Gasteiger partial charge in [0.05, 0.1) is 19.9 Å². The Bertz CT molecular complexity index is 480. The van der Waals surface area contributed by atoms with E-state index >= 15 is 0 Å². The highest BCUT2D eigenvalue weighted by Crippen LogP contribution is 2.17. The topological polar surface area (TPSA) is 42.3 Å². The summed E-state index contributed by atoms with van der Waals surface area (Å²) in [7, 11) is 3.26. The van der Waals surface area contributed by atoms with Crippen LogP contribution in [-0.4, -0.2) is 19.9 Å². The van der Waals surface area contributed by atoms with Gasteiger partial charge in [-0.15, -0.1) is 0 Å². The van der Waals surface area contributed by atoms with Crippen molar-refractivity contribution in [3.05, 3.63) is 59.7 Å². The Morgan fingerprint density at radius 1 is 0.722 bits per heavy atom. The number of ether oxygens (including phenoxy) is 2. The number of rotatable bonds is 4. The highest BCUT2D eigenvalue weighted by molar-refractivity contribution is 6.10. The van der Waals surface area contributed by atoms with Gasteiger partial charge in [0, 0.05) is 11.1 Å². The summed E-state index contributed by atoms with van der Waals surface area (Å²) < 4.78 is 10.2. The standard InChI is InChI=1S/C15H15NO2/c1-17-13-7-3-11(4-8-13)15(16)12-5-9-14(18-2)10-6-12/h3-10,16H,1-2H3. The third kappa shape index (κ3) is 2.51. The molecule has 2 aromatic rings. The lowest BCUT2D eigenvalue weighted by molar-refractivity contribution is 0.414. The van der Waals surface area contributed by atoms with E-state index in [4.69, 9.17) is 14.9 Å². The van der Waals surface area contributed by atoms with Gasteiger partial charge >= 0.3 is 0 Å². The molecule has 0 radical (unpaired) electrons. The summed E-state index contributed by atoms with van der Waals surface area (Å²) in [4.78, 5) is 0. The fourth-order valence-electron chi connectivity index (χ4n) is 1.68. The first-order valence-corrected chi connectivity index (χ1v) is 5.62. The number of benzene rings is 2. The molecule has 0 bridgehead atoms. The molecule has 0 spiro atoms. The molecule has 3 heteroatoms. The van der Waals surface area contributed by atoms with Crippen LogP contribution in [0.5, 0.6) is 11.5 Å². The van der Waals surface area contributed by atoms with E-state index in [2.05, 4.69) is 0 Å². The van der Waals surface area contributed by atoms with Crippen LogP contribution >= 0.6 is 0 Å². The molecule has 0 amide bonds. The monoisotopic (exact) mass is 241 g/mol. The molecule has 0 heterocycles. The molecule has 0 aliphatic heterocycles.